The third kappa shape index (κ3) is 2.88. The SMILES string of the molecule is COc1nc(CC(N)C(=O)O)ccc1F. The summed E-state index contributed by atoms with van der Waals surface area (Å²) in [5.41, 5.74) is 5.68. The summed E-state index contributed by atoms with van der Waals surface area (Å²) in [5.74, 6) is -1.88. The Hall–Kier alpha value is -1.69. The molecule has 1 aromatic rings. The van der Waals surface area contributed by atoms with E-state index in [4.69, 9.17) is 10.8 Å². The van der Waals surface area contributed by atoms with Gasteiger partial charge in [-0.1, -0.05) is 0 Å². The number of pyridine rings is 1. The van der Waals surface area contributed by atoms with E-state index in [0.29, 0.717) is 5.69 Å². The van der Waals surface area contributed by atoms with Crippen LogP contribution in [0.5, 0.6) is 5.88 Å². The minimum Gasteiger partial charge on any atom is -0.480 e. The summed E-state index contributed by atoms with van der Waals surface area (Å²) < 4.78 is 17.6. The van der Waals surface area contributed by atoms with Crippen LogP contribution >= 0.6 is 0 Å². The third-order valence-corrected chi connectivity index (χ3v) is 1.81. The number of aliphatic carboxylic acids is 1. The molecular weight excluding hydrogens is 203 g/mol. The van der Waals surface area contributed by atoms with Crippen molar-refractivity contribution in [2.75, 3.05) is 7.11 Å². The molecule has 1 unspecified atom stereocenters. The smallest absolute Gasteiger partial charge is 0.320 e. The van der Waals surface area contributed by atoms with Crippen LogP contribution in [0.1, 0.15) is 5.69 Å². The Kier molecular flexibility index (Phi) is 3.56. The summed E-state index contributed by atoms with van der Waals surface area (Å²) in [5, 5.41) is 8.57. The standard InChI is InChI=1S/C9H11FN2O3/c1-15-8-6(10)3-2-5(12-8)4-7(11)9(13)14/h2-3,7H,4,11H2,1H3,(H,13,14). The van der Waals surface area contributed by atoms with Gasteiger partial charge < -0.3 is 15.6 Å². The number of carboxylic acids is 1. The van der Waals surface area contributed by atoms with Gasteiger partial charge >= 0.3 is 5.97 Å². The van der Waals surface area contributed by atoms with Crippen LogP contribution in [-0.2, 0) is 11.2 Å². The van der Waals surface area contributed by atoms with Crippen LogP contribution in [0, 0.1) is 5.82 Å². The van der Waals surface area contributed by atoms with E-state index in [-0.39, 0.29) is 12.3 Å². The van der Waals surface area contributed by atoms with Gasteiger partial charge in [0.2, 0.25) is 5.88 Å². The van der Waals surface area contributed by atoms with Gasteiger partial charge in [-0.05, 0) is 12.1 Å². The van der Waals surface area contributed by atoms with Gasteiger partial charge in [0.25, 0.3) is 0 Å². The first kappa shape index (κ1) is 11.4. The van der Waals surface area contributed by atoms with Crippen molar-refractivity contribution in [1.82, 2.24) is 4.98 Å². The molecule has 0 bridgehead atoms. The topological polar surface area (TPSA) is 85.4 Å². The molecular formula is C9H11FN2O3. The van der Waals surface area contributed by atoms with Gasteiger partial charge in [0.15, 0.2) is 5.82 Å². The van der Waals surface area contributed by atoms with Crippen LogP contribution in [0.2, 0.25) is 0 Å². The molecule has 0 amide bonds. The maximum Gasteiger partial charge on any atom is 0.320 e. The molecule has 0 saturated carbocycles. The van der Waals surface area contributed by atoms with Crippen LogP contribution in [0.25, 0.3) is 0 Å². The number of nitrogens with zero attached hydrogens (tertiary/aromatic N) is 1. The van der Waals surface area contributed by atoms with E-state index >= 15 is 0 Å². The van der Waals surface area contributed by atoms with Crippen molar-refractivity contribution in [2.45, 2.75) is 12.5 Å². The van der Waals surface area contributed by atoms with Crippen molar-refractivity contribution in [3.63, 3.8) is 0 Å². The monoisotopic (exact) mass is 214 g/mol. The summed E-state index contributed by atoms with van der Waals surface area (Å²) >= 11 is 0. The molecule has 5 nitrogen and oxygen atoms in total. The van der Waals surface area contributed by atoms with Crippen LogP contribution in [-0.4, -0.2) is 29.2 Å². The fraction of sp³-hybridized carbons (Fsp3) is 0.333. The number of carboxylic acid groups (broad SMARTS) is 1. The summed E-state index contributed by atoms with van der Waals surface area (Å²) in [6, 6.07) is 1.49. The molecule has 0 aliphatic carbocycles. The second kappa shape index (κ2) is 4.70. The molecule has 0 saturated heterocycles. The second-order valence-electron chi connectivity index (χ2n) is 2.94. The molecule has 0 aliphatic heterocycles. The Morgan fingerprint density at radius 2 is 2.40 bits per heavy atom. The number of hydrogen-bond donors (Lipinski definition) is 2. The van der Waals surface area contributed by atoms with Crippen molar-refractivity contribution < 1.29 is 19.0 Å². The van der Waals surface area contributed by atoms with E-state index in [1.54, 1.807) is 0 Å². The highest BCUT2D eigenvalue weighted by Crippen LogP contribution is 2.14. The highest BCUT2D eigenvalue weighted by molar-refractivity contribution is 5.73. The predicted octanol–water partition coefficient (Wildman–Crippen LogP) is 0.184. The first-order chi connectivity index (χ1) is 7.04. The first-order valence-corrected chi connectivity index (χ1v) is 4.22. The lowest BCUT2D eigenvalue weighted by molar-refractivity contribution is -0.138. The van der Waals surface area contributed by atoms with Gasteiger partial charge in [0.05, 0.1) is 7.11 Å². The number of rotatable bonds is 4. The van der Waals surface area contributed by atoms with Crippen molar-refractivity contribution in [2.24, 2.45) is 5.73 Å². The molecule has 0 aliphatic rings. The highest BCUT2D eigenvalue weighted by atomic mass is 19.1. The molecule has 1 rings (SSSR count). The molecule has 1 atom stereocenters. The van der Waals surface area contributed by atoms with Gasteiger partial charge in [0.1, 0.15) is 6.04 Å². The number of aromatic nitrogens is 1. The zero-order valence-electron chi connectivity index (χ0n) is 8.11. The number of halogens is 1. The van der Waals surface area contributed by atoms with Crippen LogP contribution < -0.4 is 10.5 Å². The number of methoxy groups -OCH3 is 1. The summed E-state index contributed by atoms with van der Waals surface area (Å²) in [6.07, 6.45) is 0.0337. The lowest BCUT2D eigenvalue weighted by atomic mass is 10.1. The molecule has 0 fully saturated rings. The van der Waals surface area contributed by atoms with Gasteiger partial charge in [0, 0.05) is 12.1 Å². The Morgan fingerprint density at radius 3 is 2.93 bits per heavy atom. The van der Waals surface area contributed by atoms with Crippen molar-refractivity contribution in [3.05, 3.63) is 23.6 Å². The first-order valence-electron chi connectivity index (χ1n) is 4.22. The minimum atomic E-state index is -1.12. The molecule has 1 aromatic heterocycles. The minimum absolute atomic E-state index is 0.0337. The van der Waals surface area contributed by atoms with E-state index in [0.717, 1.165) is 6.07 Å². The van der Waals surface area contributed by atoms with Crippen LogP contribution in [0.3, 0.4) is 0 Å². The summed E-state index contributed by atoms with van der Waals surface area (Å²) in [7, 11) is 1.28. The zero-order chi connectivity index (χ0) is 11.4. The largest absolute Gasteiger partial charge is 0.480 e. The fourth-order valence-corrected chi connectivity index (χ4v) is 1.03. The highest BCUT2D eigenvalue weighted by Gasteiger charge is 2.14. The molecule has 0 radical (unpaired) electrons. The van der Waals surface area contributed by atoms with E-state index in [2.05, 4.69) is 9.72 Å². The third-order valence-electron chi connectivity index (χ3n) is 1.81. The maximum atomic E-state index is 12.9. The molecule has 0 aromatic carbocycles. The normalized spacial score (nSPS) is 12.2. The number of ether oxygens (including phenoxy) is 1. The Bertz CT molecular complexity index is 370. The van der Waals surface area contributed by atoms with Gasteiger partial charge in [-0.2, -0.15) is 0 Å². The van der Waals surface area contributed by atoms with E-state index < -0.39 is 17.8 Å². The second-order valence-corrected chi connectivity index (χ2v) is 2.94. The van der Waals surface area contributed by atoms with E-state index in [1.165, 1.54) is 13.2 Å². The molecule has 15 heavy (non-hydrogen) atoms. The zero-order valence-corrected chi connectivity index (χ0v) is 8.11. The van der Waals surface area contributed by atoms with E-state index in [9.17, 15) is 9.18 Å². The van der Waals surface area contributed by atoms with Gasteiger partial charge in [-0.25, -0.2) is 9.37 Å². The number of hydrogen-bond acceptors (Lipinski definition) is 4. The average molecular weight is 214 g/mol. The lowest BCUT2D eigenvalue weighted by Crippen LogP contribution is -2.32. The maximum absolute atomic E-state index is 12.9. The van der Waals surface area contributed by atoms with Gasteiger partial charge in [-0.3, -0.25) is 4.79 Å². The Balaban J connectivity index is 2.83. The molecule has 6 heteroatoms. The van der Waals surface area contributed by atoms with Crippen molar-refractivity contribution in [3.8, 4) is 5.88 Å². The summed E-state index contributed by atoms with van der Waals surface area (Å²) in [6.45, 7) is 0. The van der Waals surface area contributed by atoms with Crippen molar-refractivity contribution >= 4 is 5.97 Å². The number of carbonyl (C=O) groups is 1. The molecule has 3 N–H and O–H groups in total. The lowest BCUT2D eigenvalue weighted by Gasteiger charge is -2.07. The molecule has 0 spiro atoms. The Labute approximate surface area is 85.7 Å². The quantitative estimate of drug-likeness (QED) is 0.746. The predicted molar refractivity (Wildman–Crippen MR) is 50.1 cm³/mol. The average Bonchev–Trinajstić information content (AvgIpc) is 2.20. The molecule has 82 valence electrons. The van der Waals surface area contributed by atoms with Gasteiger partial charge in [-0.15, -0.1) is 0 Å². The van der Waals surface area contributed by atoms with Crippen LogP contribution in [0.15, 0.2) is 12.1 Å². The Morgan fingerprint density at radius 1 is 1.73 bits per heavy atom. The fourth-order valence-electron chi connectivity index (χ4n) is 1.03. The number of nitrogens with two attached hydrogens (primary N) is 1. The summed E-state index contributed by atoms with van der Waals surface area (Å²) in [4.78, 5) is 14.2. The molecule has 1 heterocycles. The van der Waals surface area contributed by atoms with Crippen molar-refractivity contribution in [1.29, 1.82) is 0 Å². The van der Waals surface area contributed by atoms with E-state index in [1.807, 2.05) is 0 Å². The van der Waals surface area contributed by atoms with Crippen LogP contribution in [0.4, 0.5) is 4.39 Å².